The summed E-state index contributed by atoms with van der Waals surface area (Å²) in [6.45, 7) is 11.8. The van der Waals surface area contributed by atoms with Crippen molar-refractivity contribution < 1.29 is 9.53 Å². The molecule has 0 amide bonds. The van der Waals surface area contributed by atoms with E-state index < -0.39 is 0 Å². The Hall–Kier alpha value is -2.11. The number of carbonyl (C=O) groups excluding carboxylic acids is 1. The molecule has 0 bridgehead atoms. The number of ether oxygens (including phenoxy) is 1. The number of carbonyl (C=O) groups is 1. The largest absolute Gasteiger partial charge is 0.465 e. The number of allylic oxidation sites excluding steroid dienone is 2. The zero-order valence-corrected chi connectivity index (χ0v) is 17.2. The molecular formula is C21H30N2O2S. The van der Waals surface area contributed by atoms with Gasteiger partial charge in [-0.2, -0.15) is 0 Å². The summed E-state index contributed by atoms with van der Waals surface area (Å²) in [4.78, 5) is 16.7. The van der Waals surface area contributed by atoms with E-state index in [9.17, 15) is 4.79 Å². The third kappa shape index (κ3) is 6.32. The van der Waals surface area contributed by atoms with Crippen molar-refractivity contribution in [2.45, 2.75) is 46.1 Å². The van der Waals surface area contributed by atoms with Crippen LogP contribution in [0.5, 0.6) is 0 Å². The molecule has 0 saturated carbocycles. The Bertz CT molecular complexity index is 748. The molecular weight excluding hydrogens is 344 g/mol. The molecule has 0 fully saturated rings. The fourth-order valence-electron chi connectivity index (χ4n) is 2.54. The van der Waals surface area contributed by atoms with E-state index in [1.54, 1.807) is 12.1 Å². The predicted octanol–water partition coefficient (Wildman–Crippen LogP) is 4.96. The first-order valence-electron chi connectivity index (χ1n) is 8.78. The van der Waals surface area contributed by atoms with Crippen LogP contribution in [0.3, 0.4) is 0 Å². The molecule has 0 aliphatic rings. The first-order valence-corrected chi connectivity index (χ1v) is 9.60. The molecule has 0 aromatic carbocycles. The fraction of sp³-hybridized carbons (Fsp3) is 0.381. The van der Waals surface area contributed by atoms with Gasteiger partial charge in [-0.25, -0.2) is 4.79 Å². The number of nitrogens with two attached hydrogens (primary N) is 1. The van der Waals surface area contributed by atoms with E-state index in [4.69, 9.17) is 10.5 Å². The highest BCUT2D eigenvalue weighted by molar-refractivity contribution is 7.13. The van der Waals surface area contributed by atoms with Gasteiger partial charge < -0.3 is 15.5 Å². The van der Waals surface area contributed by atoms with Crippen molar-refractivity contribution in [1.82, 2.24) is 4.98 Å². The monoisotopic (exact) mass is 374 g/mol. The van der Waals surface area contributed by atoms with Crippen LogP contribution < -0.4 is 5.73 Å². The minimum absolute atomic E-state index is 0.281. The zero-order chi connectivity index (χ0) is 19.7. The number of rotatable bonds is 7. The van der Waals surface area contributed by atoms with Crippen LogP contribution in [0, 0.1) is 0 Å². The van der Waals surface area contributed by atoms with E-state index in [0.29, 0.717) is 4.88 Å². The second-order valence-corrected chi connectivity index (χ2v) is 7.57. The highest BCUT2D eigenvalue weighted by Gasteiger charge is 2.18. The van der Waals surface area contributed by atoms with Crippen molar-refractivity contribution in [3.8, 4) is 0 Å². The van der Waals surface area contributed by atoms with Gasteiger partial charge in [0.15, 0.2) is 0 Å². The smallest absolute Gasteiger partial charge is 0.348 e. The average molecular weight is 375 g/mol. The summed E-state index contributed by atoms with van der Waals surface area (Å²) >= 11 is 1.45. The maximum atomic E-state index is 11.6. The van der Waals surface area contributed by atoms with Crippen LogP contribution in [0.1, 0.15) is 59.1 Å². The molecule has 0 atom stereocenters. The maximum absolute atomic E-state index is 11.6. The first-order chi connectivity index (χ1) is 12.3. The third-order valence-electron chi connectivity index (χ3n) is 3.54. The molecule has 2 heterocycles. The average Bonchev–Trinajstić information content (AvgIpc) is 3.21. The Kier molecular flexibility index (Phi) is 8.55. The molecule has 0 radical (unpaired) electrons. The highest BCUT2D eigenvalue weighted by atomic mass is 32.1. The number of aromatic nitrogens is 1. The molecule has 0 aliphatic heterocycles. The van der Waals surface area contributed by atoms with Crippen molar-refractivity contribution in [3.05, 3.63) is 63.6 Å². The SMILES string of the molecule is C=C/C=C\c1c(CC(C)(C)N)c[nH]c1Cc1ccc(C(=O)OC)s1.CC. The van der Waals surface area contributed by atoms with E-state index in [2.05, 4.69) is 17.6 Å². The Morgan fingerprint density at radius 2 is 2.08 bits per heavy atom. The van der Waals surface area contributed by atoms with Gasteiger partial charge in [0.1, 0.15) is 4.88 Å². The number of H-pyrrole nitrogens is 1. The molecule has 0 saturated heterocycles. The lowest BCUT2D eigenvalue weighted by Crippen LogP contribution is -2.34. The molecule has 2 rings (SSSR count). The molecule has 4 nitrogen and oxygen atoms in total. The van der Waals surface area contributed by atoms with Gasteiger partial charge in [0.25, 0.3) is 0 Å². The summed E-state index contributed by atoms with van der Waals surface area (Å²) in [6.07, 6.45) is 9.25. The third-order valence-corrected chi connectivity index (χ3v) is 4.60. The summed E-state index contributed by atoms with van der Waals surface area (Å²) in [7, 11) is 1.39. The van der Waals surface area contributed by atoms with Gasteiger partial charge in [0, 0.05) is 28.7 Å². The lowest BCUT2D eigenvalue weighted by Gasteiger charge is -2.18. The van der Waals surface area contributed by atoms with Gasteiger partial charge in [-0.1, -0.05) is 38.7 Å². The van der Waals surface area contributed by atoms with Crippen LogP contribution >= 0.6 is 11.3 Å². The van der Waals surface area contributed by atoms with Crippen molar-refractivity contribution in [2.75, 3.05) is 7.11 Å². The summed E-state index contributed by atoms with van der Waals surface area (Å²) in [5.41, 5.74) is 9.31. The van der Waals surface area contributed by atoms with E-state index in [1.807, 2.05) is 46.0 Å². The number of nitrogens with one attached hydrogen (secondary N) is 1. The molecule has 0 spiro atoms. The van der Waals surface area contributed by atoms with Gasteiger partial charge in [-0.05, 0) is 43.5 Å². The molecule has 2 aromatic heterocycles. The van der Waals surface area contributed by atoms with E-state index in [1.165, 1.54) is 24.0 Å². The second-order valence-electron chi connectivity index (χ2n) is 6.40. The predicted molar refractivity (Wildman–Crippen MR) is 112 cm³/mol. The van der Waals surface area contributed by atoms with Gasteiger partial charge in [0.2, 0.25) is 0 Å². The zero-order valence-electron chi connectivity index (χ0n) is 16.4. The number of esters is 1. The Balaban J connectivity index is 0.00000163. The summed E-state index contributed by atoms with van der Waals surface area (Å²) in [5.74, 6) is -0.296. The fourth-order valence-corrected chi connectivity index (χ4v) is 3.47. The second kappa shape index (κ2) is 10.1. The molecule has 3 N–H and O–H groups in total. The Labute approximate surface area is 160 Å². The van der Waals surface area contributed by atoms with Crippen molar-refractivity contribution in [1.29, 1.82) is 0 Å². The van der Waals surface area contributed by atoms with Gasteiger partial charge in [-0.15, -0.1) is 11.3 Å². The molecule has 0 unspecified atom stereocenters. The van der Waals surface area contributed by atoms with E-state index >= 15 is 0 Å². The van der Waals surface area contributed by atoms with E-state index in [-0.39, 0.29) is 11.5 Å². The van der Waals surface area contributed by atoms with Crippen LogP contribution in [0.2, 0.25) is 0 Å². The quantitative estimate of drug-likeness (QED) is 0.532. The van der Waals surface area contributed by atoms with Gasteiger partial charge in [-0.3, -0.25) is 0 Å². The minimum Gasteiger partial charge on any atom is -0.465 e. The standard InChI is InChI=1S/C19H24N2O2S.C2H6/c1-5-6-7-15-13(11-19(2,3)20)12-21-16(15)10-14-8-9-17(24-14)18(22)23-4;1-2/h5-9,12,21H,1,10-11,20H2,2-4H3;1-2H3/b7-6-;. The van der Waals surface area contributed by atoms with E-state index in [0.717, 1.165) is 29.0 Å². The minimum atomic E-state index is -0.296. The highest BCUT2D eigenvalue weighted by Crippen LogP contribution is 2.26. The Morgan fingerprint density at radius 3 is 2.65 bits per heavy atom. The summed E-state index contributed by atoms with van der Waals surface area (Å²) < 4.78 is 4.76. The number of thiophene rings is 1. The number of methoxy groups -OCH3 is 1. The van der Waals surface area contributed by atoms with Crippen LogP contribution in [-0.4, -0.2) is 23.6 Å². The molecule has 5 heteroatoms. The lowest BCUT2D eigenvalue weighted by molar-refractivity contribution is 0.0606. The Morgan fingerprint density at radius 1 is 1.38 bits per heavy atom. The normalized spacial score (nSPS) is 11.2. The molecule has 142 valence electrons. The lowest BCUT2D eigenvalue weighted by atomic mass is 9.94. The van der Waals surface area contributed by atoms with Crippen LogP contribution in [0.4, 0.5) is 0 Å². The molecule has 26 heavy (non-hydrogen) atoms. The number of aromatic amines is 1. The van der Waals surface area contributed by atoms with Crippen molar-refractivity contribution in [2.24, 2.45) is 5.73 Å². The summed E-state index contributed by atoms with van der Waals surface area (Å²) in [5, 5.41) is 0. The molecule has 2 aromatic rings. The van der Waals surface area contributed by atoms with Gasteiger partial charge >= 0.3 is 5.97 Å². The molecule has 0 aliphatic carbocycles. The maximum Gasteiger partial charge on any atom is 0.348 e. The summed E-state index contributed by atoms with van der Waals surface area (Å²) in [6, 6.07) is 3.77. The van der Waals surface area contributed by atoms with Crippen LogP contribution in [-0.2, 0) is 17.6 Å². The first kappa shape index (κ1) is 21.9. The van der Waals surface area contributed by atoms with Crippen molar-refractivity contribution in [3.63, 3.8) is 0 Å². The van der Waals surface area contributed by atoms with Crippen molar-refractivity contribution >= 4 is 23.4 Å². The van der Waals surface area contributed by atoms with Crippen LogP contribution in [0.15, 0.2) is 37.1 Å². The number of hydrogen-bond donors (Lipinski definition) is 2. The van der Waals surface area contributed by atoms with Gasteiger partial charge in [0.05, 0.1) is 7.11 Å². The topological polar surface area (TPSA) is 68.1 Å². The van der Waals surface area contributed by atoms with Crippen LogP contribution in [0.25, 0.3) is 6.08 Å². The number of hydrogen-bond acceptors (Lipinski definition) is 4.